The van der Waals surface area contributed by atoms with Gasteiger partial charge in [0.25, 0.3) is 0 Å². The van der Waals surface area contributed by atoms with Gasteiger partial charge in [0.05, 0.1) is 24.2 Å². The van der Waals surface area contributed by atoms with Crippen LogP contribution in [0.1, 0.15) is 30.2 Å². The first-order chi connectivity index (χ1) is 13.1. The van der Waals surface area contributed by atoms with Gasteiger partial charge in [0.2, 0.25) is 10.0 Å². The fraction of sp³-hybridized carbons (Fsp3) is 0.474. The largest absolute Gasteiger partial charge is 0.490 e. The van der Waals surface area contributed by atoms with Crippen molar-refractivity contribution in [1.82, 2.24) is 4.31 Å². The average molecular weight is 410 g/mol. The van der Waals surface area contributed by atoms with Gasteiger partial charge in [-0.2, -0.15) is 4.31 Å². The van der Waals surface area contributed by atoms with Crippen LogP contribution in [0.3, 0.4) is 0 Å². The Morgan fingerprint density at radius 1 is 1.11 bits per heavy atom. The summed E-state index contributed by atoms with van der Waals surface area (Å²) < 4.78 is 38.8. The zero-order chi connectivity index (χ0) is 18.9. The highest BCUT2D eigenvalue weighted by molar-refractivity contribution is 7.89. The van der Waals surface area contributed by atoms with Crippen molar-refractivity contribution in [2.24, 2.45) is 5.92 Å². The number of ether oxygens (including phenoxy) is 2. The van der Waals surface area contributed by atoms with Gasteiger partial charge in [-0.25, -0.2) is 8.42 Å². The number of fused-ring (bicyclic) bond motifs is 1. The maximum absolute atomic E-state index is 13.0. The van der Waals surface area contributed by atoms with E-state index in [0.29, 0.717) is 50.6 Å². The Morgan fingerprint density at radius 3 is 2.56 bits per heavy atom. The molecule has 2 aromatic rings. The molecule has 2 aliphatic rings. The fourth-order valence-corrected chi connectivity index (χ4v) is 5.87. The summed E-state index contributed by atoms with van der Waals surface area (Å²) in [4.78, 5) is 1.17. The van der Waals surface area contributed by atoms with Crippen LogP contribution in [0.5, 0.6) is 11.5 Å². The minimum atomic E-state index is -3.59. The highest BCUT2D eigenvalue weighted by Gasteiger charge is 2.33. The number of aliphatic hydroxyl groups excluding tert-OH is 1. The van der Waals surface area contributed by atoms with Gasteiger partial charge < -0.3 is 14.6 Å². The number of rotatable bonds is 4. The van der Waals surface area contributed by atoms with Gasteiger partial charge >= 0.3 is 0 Å². The monoisotopic (exact) mass is 409 g/mol. The van der Waals surface area contributed by atoms with Gasteiger partial charge in [-0.1, -0.05) is 6.07 Å². The molecular weight excluding hydrogens is 386 g/mol. The van der Waals surface area contributed by atoms with Crippen molar-refractivity contribution < 1.29 is 23.0 Å². The third kappa shape index (κ3) is 3.85. The van der Waals surface area contributed by atoms with Crippen LogP contribution < -0.4 is 9.47 Å². The van der Waals surface area contributed by atoms with Gasteiger partial charge in [0, 0.05) is 30.5 Å². The fourth-order valence-electron chi connectivity index (χ4n) is 3.58. The molecule has 146 valence electrons. The van der Waals surface area contributed by atoms with Crippen LogP contribution in [-0.2, 0) is 10.0 Å². The zero-order valence-corrected chi connectivity index (χ0v) is 16.5. The summed E-state index contributed by atoms with van der Waals surface area (Å²) in [6.07, 6.45) is 1.54. The Hall–Kier alpha value is -1.61. The molecule has 1 fully saturated rings. The molecule has 0 radical (unpaired) electrons. The number of hydrogen-bond donors (Lipinski definition) is 1. The second kappa shape index (κ2) is 7.79. The predicted octanol–water partition coefficient (Wildman–Crippen LogP) is 3.04. The minimum absolute atomic E-state index is 0.0823. The Labute approximate surface area is 163 Å². The van der Waals surface area contributed by atoms with Crippen molar-refractivity contribution >= 4 is 21.4 Å². The molecular formula is C19H23NO5S2. The first-order valence-corrected chi connectivity index (χ1v) is 11.5. The molecule has 6 nitrogen and oxygen atoms in total. The van der Waals surface area contributed by atoms with E-state index in [2.05, 4.69) is 0 Å². The highest BCUT2D eigenvalue weighted by Crippen LogP contribution is 2.36. The minimum Gasteiger partial charge on any atom is -0.490 e. The molecule has 1 aromatic carbocycles. The summed E-state index contributed by atoms with van der Waals surface area (Å²) in [6, 6.07) is 8.65. The molecule has 1 atom stereocenters. The van der Waals surface area contributed by atoms with Crippen molar-refractivity contribution in [3.8, 4) is 11.5 Å². The lowest BCUT2D eigenvalue weighted by molar-refractivity contribution is 0.0789. The lowest BCUT2D eigenvalue weighted by Crippen LogP contribution is -2.39. The van der Waals surface area contributed by atoms with Crippen molar-refractivity contribution in [1.29, 1.82) is 0 Å². The second-order valence-corrected chi connectivity index (χ2v) is 9.78. The Morgan fingerprint density at radius 2 is 1.85 bits per heavy atom. The lowest BCUT2D eigenvalue weighted by atomic mass is 9.91. The van der Waals surface area contributed by atoms with Crippen LogP contribution >= 0.6 is 11.3 Å². The molecule has 0 bridgehead atoms. The summed E-state index contributed by atoms with van der Waals surface area (Å²) in [5.74, 6) is 1.15. The maximum atomic E-state index is 13.0. The Balaban J connectivity index is 1.46. The number of nitrogens with zero attached hydrogens (tertiary/aromatic N) is 1. The number of hydrogen-bond acceptors (Lipinski definition) is 6. The molecule has 3 heterocycles. The number of benzene rings is 1. The summed E-state index contributed by atoms with van der Waals surface area (Å²) in [6.45, 7) is 1.90. The van der Waals surface area contributed by atoms with Gasteiger partial charge in [0.1, 0.15) is 0 Å². The molecule has 1 saturated heterocycles. The molecule has 0 aliphatic carbocycles. The Kier molecular flexibility index (Phi) is 5.41. The van der Waals surface area contributed by atoms with E-state index in [-0.39, 0.29) is 10.8 Å². The van der Waals surface area contributed by atoms with Crippen molar-refractivity contribution in [2.45, 2.75) is 30.3 Å². The van der Waals surface area contributed by atoms with E-state index < -0.39 is 16.1 Å². The van der Waals surface area contributed by atoms with Crippen molar-refractivity contribution in [3.63, 3.8) is 0 Å². The molecule has 2 aliphatic heterocycles. The van der Waals surface area contributed by atoms with Crippen LogP contribution in [0.4, 0.5) is 0 Å². The maximum Gasteiger partial charge on any atom is 0.243 e. The molecule has 1 N–H and O–H groups in total. The molecule has 1 aromatic heterocycles. The van der Waals surface area contributed by atoms with E-state index in [1.807, 2.05) is 17.5 Å². The van der Waals surface area contributed by atoms with Crippen LogP contribution in [0.25, 0.3) is 0 Å². The molecule has 0 saturated carbocycles. The summed E-state index contributed by atoms with van der Waals surface area (Å²) in [5, 5.41) is 12.5. The van der Waals surface area contributed by atoms with Gasteiger partial charge in [-0.05, 0) is 42.3 Å². The molecule has 4 rings (SSSR count). The van der Waals surface area contributed by atoms with Crippen LogP contribution in [-0.4, -0.2) is 44.1 Å². The van der Waals surface area contributed by atoms with Gasteiger partial charge in [0.15, 0.2) is 11.5 Å². The van der Waals surface area contributed by atoms with Gasteiger partial charge in [-0.15, -0.1) is 11.3 Å². The summed E-state index contributed by atoms with van der Waals surface area (Å²) in [5.41, 5.74) is 0. The third-order valence-electron chi connectivity index (χ3n) is 5.14. The van der Waals surface area contributed by atoms with Crippen LogP contribution in [0.2, 0.25) is 0 Å². The third-order valence-corrected chi connectivity index (χ3v) is 7.97. The van der Waals surface area contributed by atoms with Crippen molar-refractivity contribution in [3.05, 3.63) is 40.6 Å². The quantitative estimate of drug-likeness (QED) is 0.840. The first-order valence-electron chi connectivity index (χ1n) is 9.17. The van der Waals surface area contributed by atoms with E-state index in [1.165, 1.54) is 15.6 Å². The molecule has 27 heavy (non-hydrogen) atoms. The van der Waals surface area contributed by atoms with Crippen LogP contribution in [0.15, 0.2) is 40.6 Å². The van der Waals surface area contributed by atoms with Crippen molar-refractivity contribution in [2.75, 3.05) is 26.3 Å². The number of thiophene rings is 1. The normalized spacial score (nSPS) is 20.2. The molecule has 0 spiro atoms. The first kappa shape index (κ1) is 18.7. The number of sulfonamides is 1. The van der Waals surface area contributed by atoms with E-state index in [0.717, 1.165) is 11.3 Å². The van der Waals surface area contributed by atoms with Crippen LogP contribution in [0, 0.1) is 5.92 Å². The predicted molar refractivity (Wildman–Crippen MR) is 103 cm³/mol. The Bertz CT molecular complexity index is 874. The summed E-state index contributed by atoms with van der Waals surface area (Å²) >= 11 is 1.54. The molecule has 0 amide bonds. The zero-order valence-electron chi connectivity index (χ0n) is 14.9. The van der Waals surface area contributed by atoms with Gasteiger partial charge in [-0.3, -0.25) is 0 Å². The molecule has 8 heteroatoms. The van der Waals surface area contributed by atoms with E-state index >= 15 is 0 Å². The second-order valence-electron chi connectivity index (χ2n) is 6.86. The summed E-state index contributed by atoms with van der Waals surface area (Å²) in [7, 11) is -3.59. The van der Waals surface area contributed by atoms with E-state index in [1.54, 1.807) is 18.2 Å². The number of piperidine rings is 1. The number of aliphatic hydroxyl groups is 1. The van der Waals surface area contributed by atoms with E-state index in [4.69, 9.17) is 9.47 Å². The SMILES string of the molecule is O=S(=O)(c1ccc2c(c1)OCCCO2)N1CCC(C(O)c2cccs2)CC1. The highest BCUT2D eigenvalue weighted by atomic mass is 32.2. The average Bonchev–Trinajstić information content (AvgIpc) is 3.12. The molecule has 1 unspecified atom stereocenters. The van der Waals surface area contributed by atoms with E-state index in [9.17, 15) is 13.5 Å². The standard InChI is InChI=1S/C19H23NO5S2/c21-19(18-3-1-12-26-18)14-6-8-20(9-7-14)27(22,23)15-4-5-16-17(13-15)25-11-2-10-24-16/h1,3-5,12-14,19,21H,2,6-11H2. The lowest BCUT2D eigenvalue weighted by Gasteiger charge is -2.33. The smallest absolute Gasteiger partial charge is 0.243 e. The topological polar surface area (TPSA) is 76.1 Å².